The van der Waals surface area contributed by atoms with Crippen LogP contribution in [-0.2, 0) is 9.59 Å². The van der Waals surface area contributed by atoms with Gasteiger partial charge in [-0.25, -0.2) is 4.39 Å². The van der Waals surface area contributed by atoms with Crippen LogP contribution in [0.3, 0.4) is 0 Å². The van der Waals surface area contributed by atoms with E-state index in [1.165, 1.54) is 12.1 Å². The third-order valence-corrected chi connectivity index (χ3v) is 5.43. The first-order valence-corrected chi connectivity index (χ1v) is 8.41. The molecule has 0 unspecified atom stereocenters. The number of anilines is 1. The van der Waals surface area contributed by atoms with E-state index in [2.05, 4.69) is 21.2 Å². The number of benzene rings is 1. The average Bonchev–Trinajstić information content (AvgIpc) is 2.99. The van der Waals surface area contributed by atoms with Crippen molar-refractivity contribution >= 4 is 45.9 Å². The lowest BCUT2D eigenvalue weighted by molar-refractivity contribution is -0.149. The zero-order valence-corrected chi connectivity index (χ0v) is 15.3. The molecular formula is C16H19BrClFN2O3. The van der Waals surface area contributed by atoms with Crippen molar-refractivity contribution in [2.45, 2.75) is 19.3 Å². The van der Waals surface area contributed by atoms with Crippen LogP contribution in [0, 0.1) is 17.2 Å². The molecule has 1 saturated heterocycles. The first-order chi connectivity index (χ1) is 10.9. The summed E-state index contributed by atoms with van der Waals surface area (Å²) in [7, 11) is 0. The van der Waals surface area contributed by atoms with Gasteiger partial charge in [-0.15, -0.1) is 12.4 Å². The Hall–Kier alpha value is -1.18. The summed E-state index contributed by atoms with van der Waals surface area (Å²) in [5.74, 6) is -1.49. The highest BCUT2D eigenvalue weighted by Crippen LogP contribution is 2.48. The molecule has 0 bridgehead atoms. The van der Waals surface area contributed by atoms with Gasteiger partial charge in [-0.3, -0.25) is 14.5 Å². The summed E-state index contributed by atoms with van der Waals surface area (Å²) in [6.45, 7) is 1.09. The van der Waals surface area contributed by atoms with Gasteiger partial charge in [0.1, 0.15) is 5.82 Å². The number of carboxylic acids is 1. The van der Waals surface area contributed by atoms with Crippen LogP contribution in [-0.4, -0.2) is 41.5 Å². The molecule has 1 amide bonds. The van der Waals surface area contributed by atoms with Gasteiger partial charge in [-0.2, -0.15) is 0 Å². The molecule has 2 atom stereocenters. The van der Waals surface area contributed by atoms with Crippen molar-refractivity contribution in [1.82, 2.24) is 4.90 Å². The van der Waals surface area contributed by atoms with E-state index in [0.29, 0.717) is 24.0 Å². The summed E-state index contributed by atoms with van der Waals surface area (Å²) < 4.78 is 14.3. The molecule has 0 aromatic heterocycles. The fourth-order valence-corrected chi connectivity index (χ4v) is 4.18. The van der Waals surface area contributed by atoms with E-state index in [1.807, 2.05) is 4.90 Å². The molecule has 0 spiro atoms. The largest absolute Gasteiger partial charge is 0.481 e. The molecule has 1 aromatic rings. The van der Waals surface area contributed by atoms with Crippen LogP contribution in [0.2, 0.25) is 0 Å². The lowest BCUT2D eigenvalue weighted by Gasteiger charge is -2.23. The van der Waals surface area contributed by atoms with Gasteiger partial charge in [0.2, 0.25) is 5.91 Å². The van der Waals surface area contributed by atoms with Gasteiger partial charge in [-0.1, -0.05) is 22.4 Å². The number of nitrogens with zero attached hydrogens (tertiary/aromatic N) is 1. The van der Waals surface area contributed by atoms with Crippen molar-refractivity contribution in [2.75, 3.05) is 25.0 Å². The Morgan fingerprint density at radius 1 is 1.46 bits per heavy atom. The van der Waals surface area contributed by atoms with E-state index in [0.717, 1.165) is 12.8 Å². The molecule has 2 N–H and O–H groups in total. The summed E-state index contributed by atoms with van der Waals surface area (Å²) in [5, 5.41) is 12.1. The maximum Gasteiger partial charge on any atom is 0.311 e. The Labute approximate surface area is 154 Å². The highest BCUT2D eigenvalue weighted by molar-refractivity contribution is 9.10. The molecule has 1 heterocycles. The Bertz CT molecular complexity index is 660. The van der Waals surface area contributed by atoms with Gasteiger partial charge in [0.05, 0.1) is 17.6 Å². The van der Waals surface area contributed by atoms with Crippen molar-refractivity contribution in [1.29, 1.82) is 0 Å². The number of carbonyl (C=O) groups excluding carboxylic acids is 1. The first-order valence-electron chi connectivity index (χ1n) is 7.61. The number of rotatable bonds is 4. The van der Waals surface area contributed by atoms with Gasteiger partial charge >= 0.3 is 5.97 Å². The van der Waals surface area contributed by atoms with Gasteiger partial charge in [0.15, 0.2) is 0 Å². The number of hydrogen-bond donors (Lipinski definition) is 2. The number of carbonyl (C=O) groups is 2. The second-order valence-electron chi connectivity index (χ2n) is 6.39. The minimum absolute atomic E-state index is 0. The molecule has 0 radical (unpaired) electrons. The number of likely N-dealkylation sites (tertiary alicyclic amines) is 1. The number of amides is 1. The van der Waals surface area contributed by atoms with E-state index in [-0.39, 0.29) is 36.5 Å². The Balaban J connectivity index is 0.00000208. The maximum absolute atomic E-state index is 13.7. The molecule has 1 aliphatic carbocycles. The number of nitrogens with one attached hydrogen (secondary N) is 1. The van der Waals surface area contributed by atoms with Crippen LogP contribution in [0.5, 0.6) is 0 Å². The van der Waals surface area contributed by atoms with Crippen LogP contribution in [0.25, 0.3) is 0 Å². The van der Waals surface area contributed by atoms with Crippen LogP contribution in [0.1, 0.15) is 19.3 Å². The molecule has 2 fully saturated rings. The predicted molar refractivity (Wildman–Crippen MR) is 93.8 cm³/mol. The molecule has 1 aliphatic heterocycles. The van der Waals surface area contributed by atoms with Crippen molar-refractivity contribution in [3.8, 4) is 0 Å². The molecule has 8 heteroatoms. The summed E-state index contributed by atoms with van der Waals surface area (Å²) in [6, 6.07) is 4.43. The molecule has 24 heavy (non-hydrogen) atoms. The molecular weight excluding hydrogens is 403 g/mol. The van der Waals surface area contributed by atoms with Gasteiger partial charge < -0.3 is 10.4 Å². The van der Waals surface area contributed by atoms with E-state index in [1.54, 1.807) is 6.07 Å². The number of aliphatic carboxylic acids is 1. The van der Waals surface area contributed by atoms with Crippen molar-refractivity contribution < 1.29 is 19.1 Å². The normalized spacial score (nSPS) is 25.8. The zero-order chi connectivity index (χ0) is 16.6. The van der Waals surface area contributed by atoms with Crippen LogP contribution in [0.15, 0.2) is 22.7 Å². The Morgan fingerprint density at radius 2 is 2.21 bits per heavy atom. The third kappa shape index (κ3) is 3.58. The summed E-state index contributed by atoms with van der Waals surface area (Å²) in [4.78, 5) is 25.6. The minimum Gasteiger partial charge on any atom is -0.481 e. The standard InChI is InChI=1S/C16H18BrFN2O3.ClH/c17-11-3-4-13(12(18)6-11)19-14(21)8-20-7-10-2-1-5-16(10,9-20)15(22)23;/h3-4,6,10H,1-2,5,7-9H2,(H,19,21)(H,22,23);1H/t10-,16+;/m0./s1. The quantitative estimate of drug-likeness (QED) is 0.784. The van der Waals surface area contributed by atoms with Crippen molar-refractivity contribution in [2.24, 2.45) is 11.3 Å². The second-order valence-corrected chi connectivity index (χ2v) is 7.31. The van der Waals surface area contributed by atoms with Gasteiger partial charge in [0.25, 0.3) is 0 Å². The van der Waals surface area contributed by atoms with Gasteiger partial charge in [-0.05, 0) is 37.0 Å². The number of fused-ring (bicyclic) bond motifs is 1. The SMILES string of the molecule is Cl.O=C(CN1C[C@@H]2CCC[C@@]2(C(=O)O)C1)Nc1ccc(Br)cc1F. The van der Waals surface area contributed by atoms with Crippen molar-refractivity contribution in [3.63, 3.8) is 0 Å². The number of hydrogen-bond acceptors (Lipinski definition) is 3. The zero-order valence-electron chi connectivity index (χ0n) is 12.9. The number of halogens is 3. The van der Waals surface area contributed by atoms with Gasteiger partial charge in [0, 0.05) is 17.6 Å². The first kappa shape index (κ1) is 19.1. The summed E-state index contributed by atoms with van der Waals surface area (Å²) in [5.41, 5.74) is -0.575. The topological polar surface area (TPSA) is 69.6 Å². The Kier molecular flexibility index (Phi) is 5.88. The van der Waals surface area contributed by atoms with Crippen molar-refractivity contribution in [3.05, 3.63) is 28.5 Å². The van der Waals surface area contributed by atoms with E-state index in [4.69, 9.17) is 0 Å². The lowest BCUT2D eigenvalue weighted by atomic mass is 9.81. The van der Waals surface area contributed by atoms with Crippen LogP contribution < -0.4 is 5.32 Å². The molecule has 132 valence electrons. The second kappa shape index (κ2) is 7.37. The lowest BCUT2D eigenvalue weighted by Crippen LogP contribution is -2.37. The predicted octanol–water partition coefficient (Wildman–Crippen LogP) is 3.14. The molecule has 1 saturated carbocycles. The molecule has 3 rings (SSSR count). The third-order valence-electron chi connectivity index (χ3n) is 4.94. The highest BCUT2D eigenvalue weighted by Gasteiger charge is 2.54. The monoisotopic (exact) mass is 420 g/mol. The average molecular weight is 422 g/mol. The fraction of sp³-hybridized carbons (Fsp3) is 0.500. The van der Waals surface area contributed by atoms with Crippen LogP contribution in [0.4, 0.5) is 10.1 Å². The summed E-state index contributed by atoms with van der Waals surface area (Å²) in [6.07, 6.45) is 2.50. The van der Waals surface area contributed by atoms with E-state index in [9.17, 15) is 19.1 Å². The minimum atomic E-state index is -0.762. The molecule has 5 nitrogen and oxygen atoms in total. The molecule has 2 aliphatic rings. The van der Waals surface area contributed by atoms with Crippen LogP contribution >= 0.6 is 28.3 Å². The number of carboxylic acid groups (broad SMARTS) is 1. The van der Waals surface area contributed by atoms with E-state index >= 15 is 0 Å². The smallest absolute Gasteiger partial charge is 0.311 e. The summed E-state index contributed by atoms with van der Waals surface area (Å²) >= 11 is 3.16. The van der Waals surface area contributed by atoms with E-state index < -0.39 is 17.2 Å². The highest BCUT2D eigenvalue weighted by atomic mass is 79.9. The fourth-order valence-electron chi connectivity index (χ4n) is 3.85. The maximum atomic E-state index is 13.7. The molecule has 1 aromatic carbocycles. The Morgan fingerprint density at radius 3 is 2.83 bits per heavy atom.